The van der Waals surface area contributed by atoms with Gasteiger partial charge >= 0.3 is 0 Å². The molecule has 0 radical (unpaired) electrons. The van der Waals surface area contributed by atoms with E-state index in [-0.39, 0.29) is 11.4 Å². The Morgan fingerprint density at radius 3 is 2.18 bits per heavy atom. The van der Waals surface area contributed by atoms with Crippen molar-refractivity contribution < 1.29 is 10.0 Å². The van der Waals surface area contributed by atoms with E-state index in [2.05, 4.69) is 5.32 Å². The number of anilines is 2. The summed E-state index contributed by atoms with van der Waals surface area (Å²) in [4.78, 5) is 31.6. The predicted molar refractivity (Wildman–Crippen MR) is 59.4 cm³/mol. The molecule has 0 aliphatic rings. The van der Waals surface area contributed by atoms with Gasteiger partial charge in [0.1, 0.15) is 5.69 Å². The van der Waals surface area contributed by atoms with Crippen LogP contribution in [-0.2, 0) is 0 Å². The molecular formula is C10H6N2O5. The summed E-state index contributed by atoms with van der Waals surface area (Å²) in [5.74, 6) is -0.617. The topological polar surface area (TPSA) is 110 Å². The summed E-state index contributed by atoms with van der Waals surface area (Å²) in [5.41, 5.74) is -1.65. The molecule has 0 fully saturated rings. The Morgan fingerprint density at radius 2 is 1.71 bits per heavy atom. The lowest BCUT2D eigenvalue weighted by Crippen LogP contribution is -2.32. The van der Waals surface area contributed by atoms with E-state index in [1.807, 2.05) is 0 Å². The highest BCUT2D eigenvalue weighted by molar-refractivity contribution is 5.69. The summed E-state index contributed by atoms with van der Waals surface area (Å²) in [7, 11) is 0. The molecule has 0 heterocycles. The molecule has 2 rings (SSSR count). The molecule has 0 aromatic heterocycles. The van der Waals surface area contributed by atoms with Crippen molar-refractivity contribution in [3.8, 4) is 5.75 Å². The average molecular weight is 234 g/mol. The summed E-state index contributed by atoms with van der Waals surface area (Å²) in [6.07, 6.45) is 0. The molecule has 0 saturated heterocycles. The molecule has 0 aliphatic carbocycles. The van der Waals surface area contributed by atoms with Crippen molar-refractivity contribution >= 4 is 17.1 Å². The highest BCUT2D eigenvalue weighted by Crippen LogP contribution is 2.22. The summed E-state index contributed by atoms with van der Waals surface area (Å²) in [5, 5.41) is 22.0. The second-order valence-corrected chi connectivity index (χ2v) is 3.31. The number of non-ortho nitro benzene ring substituents is 1. The smallest absolute Gasteiger partial charge is 0.271 e. The Hall–Kier alpha value is -2.70. The SMILES string of the molecule is O=c1c(O)c(Nc2ccc([N+](=O)[O-])cc2)c1=O. The van der Waals surface area contributed by atoms with Crippen molar-refractivity contribution in [2.45, 2.75) is 0 Å². The minimum absolute atomic E-state index is 0.0928. The Bertz CT molecular complexity index is 652. The number of nitro groups is 1. The highest BCUT2D eigenvalue weighted by atomic mass is 16.6. The lowest BCUT2D eigenvalue weighted by atomic mass is 10.2. The molecule has 0 spiro atoms. The first kappa shape index (κ1) is 10.8. The minimum atomic E-state index is -0.936. The number of benzene rings is 1. The van der Waals surface area contributed by atoms with Crippen LogP contribution in [0.15, 0.2) is 33.9 Å². The number of hydrogen-bond donors (Lipinski definition) is 2. The van der Waals surface area contributed by atoms with Gasteiger partial charge in [-0.05, 0) is 12.1 Å². The monoisotopic (exact) mass is 234 g/mol. The van der Waals surface area contributed by atoms with Gasteiger partial charge in [0.15, 0.2) is 5.75 Å². The summed E-state index contributed by atoms with van der Waals surface area (Å²) in [6, 6.07) is 5.22. The van der Waals surface area contributed by atoms with Gasteiger partial charge in [0.2, 0.25) is 0 Å². The summed E-state index contributed by atoms with van der Waals surface area (Å²) in [6.45, 7) is 0. The van der Waals surface area contributed by atoms with Crippen LogP contribution in [0.4, 0.5) is 17.1 Å². The molecule has 7 nitrogen and oxygen atoms in total. The fourth-order valence-electron chi connectivity index (χ4n) is 1.31. The van der Waals surface area contributed by atoms with Crippen LogP contribution in [0.25, 0.3) is 0 Å². The van der Waals surface area contributed by atoms with Crippen LogP contribution in [0.3, 0.4) is 0 Å². The first-order valence-electron chi connectivity index (χ1n) is 4.54. The molecule has 86 valence electrons. The fourth-order valence-corrected chi connectivity index (χ4v) is 1.31. The zero-order valence-corrected chi connectivity index (χ0v) is 8.34. The minimum Gasteiger partial charge on any atom is -0.502 e. The maximum atomic E-state index is 11.0. The largest absolute Gasteiger partial charge is 0.502 e. The third-order valence-corrected chi connectivity index (χ3v) is 2.23. The zero-order valence-electron chi connectivity index (χ0n) is 8.34. The molecule has 2 aromatic carbocycles. The molecule has 17 heavy (non-hydrogen) atoms. The predicted octanol–water partition coefficient (Wildman–Crippen LogP) is 0.640. The number of nitro benzene ring substituents is 1. The maximum Gasteiger partial charge on any atom is 0.271 e. The molecule has 7 heteroatoms. The summed E-state index contributed by atoms with van der Waals surface area (Å²) >= 11 is 0. The van der Waals surface area contributed by atoms with Gasteiger partial charge in [-0.1, -0.05) is 0 Å². The van der Waals surface area contributed by atoms with Crippen LogP contribution in [0.2, 0.25) is 0 Å². The Labute approximate surface area is 93.8 Å². The van der Waals surface area contributed by atoms with Gasteiger partial charge < -0.3 is 10.4 Å². The average Bonchev–Trinajstić information content (AvgIpc) is 2.35. The van der Waals surface area contributed by atoms with Crippen LogP contribution in [0.5, 0.6) is 5.75 Å². The van der Waals surface area contributed by atoms with E-state index in [0.29, 0.717) is 5.69 Å². The fraction of sp³-hybridized carbons (Fsp3) is 0. The van der Waals surface area contributed by atoms with Crippen molar-refractivity contribution in [3.05, 3.63) is 54.8 Å². The lowest BCUT2D eigenvalue weighted by Gasteiger charge is -2.08. The van der Waals surface area contributed by atoms with E-state index < -0.39 is 21.5 Å². The van der Waals surface area contributed by atoms with E-state index in [4.69, 9.17) is 5.11 Å². The Balaban J connectivity index is 2.24. The van der Waals surface area contributed by atoms with Gasteiger partial charge in [-0.25, -0.2) is 0 Å². The normalized spacial score (nSPS) is 10.4. The maximum absolute atomic E-state index is 11.0. The van der Waals surface area contributed by atoms with Gasteiger partial charge in [-0.3, -0.25) is 19.7 Å². The van der Waals surface area contributed by atoms with E-state index >= 15 is 0 Å². The van der Waals surface area contributed by atoms with Gasteiger partial charge in [0.25, 0.3) is 16.5 Å². The van der Waals surface area contributed by atoms with Crippen LogP contribution in [0, 0.1) is 10.1 Å². The molecule has 0 unspecified atom stereocenters. The van der Waals surface area contributed by atoms with Crippen molar-refractivity contribution in [2.75, 3.05) is 5.32 Å². The van der Waals surface area contributed by atoms with Gasteiger partial charge in [-0.2, -0.15) is 0 Å². The van der Waals surface area contributed by atoms with Gasteiger partial charge in [-0.15, -0.1) is 0 Å². The molecule has 0 bridgehead atoms. The molecule has 0 atom stereocenters. The second-order valence-electron chi connectivity index (χ2n) is 3.31. The highest BCUT2D eigenvalue weighted by Gasteiger charge is 2.19. The van der Waals surface area contributed by atoms with Crippen LogP contribution in [-0.4, -0.2) is 10.0 Å². The number of rotatable bonds is 3. The van der Waals surface area contributed by atoms with Crippen molar-refractivity contribution in [1.82, 2.24) is 0 Å². The molecule has 0 amide bonds. The number of nitrogens with one attached hydrogen (secondary N) is 1. The van der Waals surface area contributed by atoms with Crippen molar-refractivity contribution in [3.63, 3.8) is 0 Å². The Morgan fingerprint density at radius 1 is 1.12 bits per heavy atom. The molecular weight excluding hydrogens is 228 g/mol. The Kier molecular flexibility index (Phi) is 2.36. The lowest BCUT2D eigenvalue weighted by molar-refractivity contribution is -0.384. The van der Waals surface area contributed by atoms with Crippen LogP contribution < -0.4 is 16.2 Å². The van der Waals surface area contributed by atoms with Crippen LogP contribution >= 0.6 is 0 Å². The van der Waals surface area contributed by atoms with Crippen LogP contribution in [0.1, 0.15) is 0 Å². The van der Waals surface area contributed by atoms with Gasteiger partial charge in [0, 0.05) is 17.8 Å². The molecule has 0 aliphatic heterocycles. The standard InChI is InChI=1S/C10H6N2O5/c13-8-7(9(14)10(8)15)11-5-1-3-6(4-2-5)12(16)17/h1-4,11,13H. The van der Waals surface area contributed by atoms with E-state index in [9.17, 15) is 19.7 Å². The van der Waals surface area contributed by atoms with Gasteiger partial charge in [0.05, 0.1) is 4.92 Å². The molecule has 0 saturated carbocycles. The third-order valence-electron chi connectivity index (χ3n) is 2.23. The van der Waals surface area contributed by atoms with Crippen molar-refractivity contribution in [1.29, 1.82) is 0 Å². The number of nitrogens with zero attached hydrogens (tertiary/aromatic N) is 1. The zero-order chi connectivity index (χ0) is 12.6. The molecule has 2 aromatic rings. The third kappa shape index (κ3) is 1.73. The second kappa shape index (κ2) is 3.71. The van der Waals surface area contributed by atoms with Crippen molar-refractivity contribution in [2.24, 2.45) is 0 Å². The number of hydrogen-bond acceptors (Lipinski definition) is 6. The molecule has 2 N–H and O–H groups in total. The van der Waals surface area contributed by atoms with E-state index in [1.165, 1.54) is 24.3 Å². The summed E-state index contributed by atoms with van der Waals surface area (Å²) < 4.78 is 0. The quantitative estimate of drug-likeness (QED) is 0.458. The first-order valence-corrected chi connectivity index (χ1v) is 4.54. The number of aromatic hydroxyl groups is 1. The van der Waals surface area contributed by atoms with E-state index in [0.717, 1.165) is 0 Å². The first-order chi connectivity index (χ1) is 8.00. The van der Waals surface area contributed by atoms with E-state index in [1.54, 1.807) is 0 Å².